The van der Waals surface area contributed by atoms with Crippen LogP contribution in [0.3, 0.4) is 0 Å². The first kappa shape index (κ1) is 22.6. The lowest BCUT2D eigenvalue weighted by Gasteiger charge is -2.34. The number of nitro benzene ring substituents is 1. The molecule has 0 radical (unpaired) electrons. The highest BCUT2D eigenvalue weighted by Gasteiger charge is 2.20. The number of piperazine rings is 1. The van der Waals surface area contributed by atoms with Gasteiger partial charge in [0.2, 0.25) is 5.89 Å². The topological polar surface area (TPSA) is 105 Å². The summed E-state index contributed by atoms with van der Waals surface area (Å²) in [7, 11) is 0. The van der Waals surface area contributed by atoms with Crippen molar-refractivity contribution in [3.8, 4) is 0 Å². The van der Waals surface area contributed by atoms with Crippen LogP contribution in [0.4, 0.5) is 5.69 Å². The normalized spacial score (nSPS) is 14.8. The molecule has 1 aliphatic rings. The molecule has 2 heterocycles. The van der Waals surface area contributed by atoms with E-state index in [2.05, 4.69) is 20.1 Å². The molecule has 1 aliphatic heterocycles. The fourth-order valence-electron chi connectivity index (χ4n) is 3.86. The van der Waals surface area contributed by atoms with Crippen molar-refractivity contribution in [2.45, 2.75) is 26.6 Å². The first-order valence-corrected chi connectivity index (χ1v) is 10.9. The summed E-state index contributed by atoms with van der Waals surface area (Å²) in [6.07, 6.45) is 1.41. The Labute approximate surface area is 192 Å². The van der Waals surface area contributed by atoms with Crippen LogP contribution in [0.25, 0.3) is 0 Å². The number of aromatic nitrogens is 1. The van der Waals surface area contributed by atoms with E-state index in [4.69, 9.17) is 4.42 Å². The molecule has 3 aromatic rings. The summed E-state index contributed by atoms with van der Waals surface area (Å²) in [5, 5.41) is 13.7. The molecular weight excluding hydrogens is 422 g/mol. The van der Waals surface area contributed by atoms with E-state index in [1.807, 2.05) is 43.3 Å². The van der Waals surface area contributed by atoms with Crippen LogP contribution in [0.5, 0.6) is 0 Å². The van der Waals surface area contributed by atoms with E-state index < -0.39 is 0 Å². The van der Waals surface area contributed by atoms with E-state index in [0.29, 0.717) is 19.0 Å². The second-order valence-corrected chi connectivity index (χ2v) is 8.27. The molecule has 4 rings (SSSR count). The number of nitrogens with zero attached hydrogens (tertiary/aromatic N) is 4. The molecule has 0 bridgehead atoms. The minimum absolute atomic E-state index is 0.109. The van der Waals surface area contributed by atoms with Gasteiger partial charge < -0.3 is 9.73 Å². The van der Waals surface area contributed by atoms with Crippen LogP contribution in [0.2, 0.25) is 0 Å². The summed E-state index contributed by atoms with van der Waals surface area (Å²) in [6, 6.07) is 14.7. The molecule has 33 heavy (non-hydrogen) atoms. The fourth-order valence-corrected chi connectivity index (χ4v) is 3.86. The minimum Gasteiger partial charge on any atom is -0.447 e. The molecule has 0 saturated carbocycles. The van der Waals surface area contributed by atoms with E-state index in [0.717, 1.165) is 49.4 Å². The third-order valence-corrected chi connectivity index (χ3v) is 5.70. The van der Waals surface area contributed by atoms with Gasteiger partial charge in [0.1, 0.15) is 6.26 Å². The molecule has 1 fully saturated rings. The van der Waals surface area contributed by atoms with Crippen molar-refractivity contribution in [1.82, 2.24) is 20.1 Å². The maximum atomic E-state index is 12.4. The zero-order valence-corrected chi connectivity index (χ0v) is 18.6. The number of non-ortho nitro benzene ring substituents is 1. The average molecular weight is 450 g/mol. The molecule has 1 amide bonds. The Morgan fingerprint density at radius 1 is 1.06 bits per heavy atom. The first-order chi connectivity index (χ1) is 16.0. The van der Waals surface area contributed by atoms with Crippen LogP contribution in [0.1, 0.15) is 33.1 Å². The van der Waals surface area contributed by atoms with Crippen molar-refractivity contribution in [3.05, 3.63) is 93.2 Å². The van der Waals surface area contributed by atoms with Crippen molar-refractivity contribution in [3.63, 3.8) is 0 Å². The second kappa shape index (κ2) is 10.4. The van der Waals surface area contributed by atoms with Gasteiger partial charge in [-0.1, -0.05) is 42.0 Å². The summed E-state index contributed by atoms with van der Waals surface area (Å²) in [4.78, 5) is 31.7. The molecule has 0 aliphatic carbocycles. The summed E-state index contributed by atoms with van der Waals surface area (Å²) in [5.41, 5.74) is 3.65. The number of rotatable bonds is 8. The van der Waals surface area contributed by atoms with E-state index in [9.17, 15) is 14.9 Å². The number of amides is 1. The van der Waals surface area contributed by atoms with Crippen LogP contribution in [0, 0.1) is 17.0 Å². The molecule has 0 unspecified atom stereocenters. The van der Waals surface area contributed by atoms with Gasteiger partial charge in [-0.3, -0.25) is 24.7 Å². The van der Waals surface area contributed by atoms with Crippen LogP contribution >= 0.6 is 0 Å². The third-order valence-electron chi connectivity index (χ3n) is 5.70. The molecule has 2 aromatic carbocycles. The predicted molar refractivity (Wildman–Crippen MR) is 123 cm³/mol. The second-order valence-electron chi connectivity index (χ2n) is 8.27. The summed E-state index contributed by atoms with van der Waals surface area (Å²) < 4.78 is 5.53. The number of hydrogen-bond acceptors (Lipinski definition) is 7. The highest BCUT2D eigenvalue weighted by atomic mass is 16.6. The Morgan fingerprint density at radius 2 is 1.76 bits per heavy atom. The molecule has 1 aromatic heterocycles. The van der Waals surface area contributed by atoms with Crippen molar-refractivity contribution >= 4 is 11.6 Å². The number of carbonyl (C=O) groups is 1. The van der Waals surface area contributed by atoms with E-state index in [1.54, 1.807) is 12.1 Å². The number of carbonyl (C=O) groups excluding carboxylic acids is 1. The maximum absolute atomic E-state index is 12.4. The third kappa shape index (κ3) is 6.24. The van der Waals surface area contributed by atoms with E-state index in [1.165, 1.54) is 6.26 Å². The van der Waals surface area contributed by atoms with Crippen LogP contribution < -0.4 is 5.32 Å². The van der Waals surface area contributed by atoms with Gasteiger partial charge in [-0.15, -0.1) is 0 Å². The highest BCUT2D eigenvalue weighted by Crippen LogP contribution is 2.15. The Bertz CT molecular complexity index is 1100. The van der Waals surface area contributed by atoms with Gasteiger partial charge in [0.25, 0.3) is 11.6 Å². The van der Waals surface area contributed by atoms with Crippen LogP contribution in [0.15, 0.2) is 59.2 Å². The van der Waals surface area contributed by atoms with Gasteiger partial charge >= 0.3 is 0 Å². The largest absolute Gasteiger partial charge is 0.447 e. The zero-order chi connectivity index (χ0) is 23.2. The number of nitro groups is 1. The predicted octanol–water partition coefficient (Wildman–Crippen LogP) is 3.14. The van der Waals surface area contributed by atoms with Gasteiger partial charge in [0.15, 0.2) is 5.69 Å². The molecular formula is C24H27N5O4. The van der Waals surface area contributed by atoms with E-state index in [-0.39, 0.29) is 22.2 Å². The lowest BCUT2D eigenvalue weighted by atomic mass is 10.1. The number of oxazole rings is 1. The lowest BCUT2D eigenvalue weighted by Crippen LogP contribution is -2.45. The van der Waals surface area contributed by atoms with E-state index >= 15 is 0 Å². The Kier molecular flexibility index (Phi) is 7.11. The van der Waals surface area contributed by atoms with Gasteiger partial charge in [-0.05, 0) is 18.1 Å². The first-order valence-electron chi connectivity index (χ1n) is 10.9. The van der Waals surface area contributed by atoms with Crippen LogP contribution in [-0.2, 0) is 19.6 Å². The van der Waals surface area contributed by atoms with Crippen LogP contribution in [-0.4, -0.2) is 51.8 Å². The van der Waals surface area contributed by atoms with Crippen molar-refractivity contribution in [1.29, 1.82) is 0 Å². The maximum Gasteiger partial charge on any atom is 0.273 e. The Morgan fingerprint density at radius 3 is 2.42 bits per heavy atom. The highest BCUT2D eigenvalue weighted by molar-refractivity contribution is 5.91. The number of hydrogen-bond donors (Lipinski definition) is 1. The quantitative estimate of drug-likeness (QED) is 0.416. The van der Waals surface area contributed by atoms with Crippen molar-refractivity contribution < 1.29 is 14.1 Å². The average Bonchev–Trinajstić information content (AvgIpc) is 3.28. The number of benzene rings is 2. The molecule has 9 heteroatoms. The standard InChI is InChI=1S/C24H27N5O4/c1-18-3-2-4-20(13-18)14-25-24(30)22-17-33-23(26-22)16-28-11-9-27(10-12-28)15-19-5-7-21(8-6-19)29(31)32/h2-8,13,17H,9-12,14-16H2,1H3,(H,25,30). The summed E-state index contributed by atoms with van der Waals surface area (Å²) in [5.74, 6) is 0.277. The van der Waals surface area contributed by atoms with Gasteiger partial charge in [-0.2, -0.15) is 0 Å². The lowest BCUT2D eigenvalue weighted by molar-refractivity contribution is -0.384. The smallest absolute Gasteiger partial charge is 0.273 e. The van der Waals surface area contributed by atoms with Gasteiger partial charge in [0.05, 0.1) is 11.5 Å². The fraction of sp³-hybridized carbons (Fsp3) is 0.333. The number of nitrogens with one attached hydrogen (secondary N) is 1. The minimum atomic E-state index is -0.385. The number of aryl methyl sites for hydroxylation is 1. The molecule has 0 spiro atoms. The molecule has 172 valence electrons. The van der Waals surface area contributed by atoms with Gasteiger partial charge in [0, 0.05) is 51.4 Å². The summed E-state index contributed by atoms with van der Waals surface area (Å²) >= 11 is 0. The van der Waals surface area contributed by atoms with Crippen molar-refractivity contribution in [2.24, 2.45) is 0 Å². The Balaban J connectivity index is 1.22. The molecule has 0 atom stereocenters. The van der Waals surface area contributed by atoms with Crippen molar-refractivity contribution in [2.75, 3.05) is 26.2 Å². The Hall–Kier alpha value is -3.56. The summed E-state index contributed by atoms with van der Waals surface area (Å²) in [6.45, 7) is 7.23. The monoisotopic (exact) mass is 449 g/mol. The van der Waals surface area contributed by atoms with Gasteiger partial charge in [-0.25, -0.2) is 4.98 Å². The zero-order valence-electron chi connectivity index (χ0n) is 18.6. The molecule has 1 N–H and O–H groups in total. The molecule has 9 nitrogen and oxygen atoms in total. The SMILES string of the molecule is Cc1cccc(CNC(=O)c2coc(CN3CCN(Cc4ccc([N+](=O)[O-])cc4)CC3)n2)c1. The molecule has 1 saturated heterocycles.